The molecular weight excluding hydrogens is 290 g/mol. The Labute approximate surface area is 127 Å². The monoisotopic (exact) mass is 305 g/mol. The Hall–Kier alpha value is -1.95. The van der Waals surface area contributed by atoms with Crippen LogP contribution in [0.1, 0.15) is 32.1 Å². The minimum atomic E-state index is -0.721. The molecule has 1 amide bonds. The third-order valence-electron chi connectivity index (χ3n) is 4.01. The van der Waals surface area contributed by atoms with Gasteiger partial charge in [0, 0.05) is 0 Å². The van der Waals surface area contributed by atoms with Crippen molar-refractivity contribution in [3.8, 4) is 0 Å². The second-order valence-electron chi connectivity index (χ2n) is 5.28. The van der Waals surface area contributed by atoms with Crippen molar-refractivity contribution in [2.75, 3.05) is 5.32 Å². The van der Waals surface area contributed by atoms with E-state index < -0.39 is 5.54 Å². The van der Waals surface area contributed by atoms with E-state index in [4.69, 9.17) is 11.6 Å². The van der Waals surface area contributed by atoms with E-state index in [-0.39, 0.29) is 5.91 Å². The number of benzene rings is 1. The molecule has 0 bridgehead atoms. The number of rotatable bonds is 3. The molecule has 1 aromatic carbocycles. The van der Waals surface area contributed by atoms with Crippen LogP contribution >= 0.6 is 11.6 Å². The number of anilines is 1. The first-order valence-corrected chi connectivity index (χ1v) is 7.40. The fourth-order valence-corrected chi connectivity index (χ4v) is 3.04. The van der Waals surface area contributed by atoms with Crippen molar-refractivity contribution < 1.29 is 4.79 Å². The lowest BCUT2D eigenvalue weighted by Crippen LogP contribution is -2.47. The van der Waals surface area contributed by atoms with Gasteiger partial charge in [-0.2, -0.15) is 0 Å². The first-order valence-electron chi connectivity index (χ1n) is 7.02. The summed E-state index contributed by atoms with van der Waals surface area (Å²) in [5.41, 5.74) is -0.108. The quantitative estimate of drug-likeness (QED) is 0.946. The maximum Gasteiger partial charge on any atom is 0.252 e. The second kappa shape index (κ2) is 5.81. The first kappa shape index (κ1) is 14.0. The van der Waals surface area contributed by atoms with E-state index in [0.717, 1.165) is 32.1 Å². The lowest BCUT2D eigenvalue weighted by molar-refractivity contribution is -0.126. The van der Waals surface area contributed by atoms with Crippen LogP contribution in [0, 0.1) is 0 Å². The molecule has 0 aliphatic heterocycles. The molecule has 1 saturated carbocycles. The van der Waals surface area contributed by atoms with Gasteiger partial charge in [-0.15, -0.1) is 5.10 Å². The standard InChI is InChI=1S/C14H16ClN5O/c15-11-6-2-3-7-12(11)17-13(21)14(8-4-1-5-9-14)20-10-16-18-19-20/h2-3,6-7,10H,1,4-5,8-9H2,(H,17,21). The number of carbonyl (C=O) groups is 1. The van der Waals surface area contributed by atoms with Crippen molar-refractivity contribution in [1.29, 1.82) is 0 Å². The topological polar surface area (TPSA) is 72.7 Å². The van der Waals surface area contributed by atoms with Crippen LogP contribution in [0.2, 0.25) is 5.02 Å². The lowest BCUT2D eigenvalue weighted by atomic mass is 9.81. The lowest BCUT2D eigenvalue weighted by Gasteiger charge is -2.35. The number of aromatic nitrogens is 4. The number of nitrogens with one attached hydrogen (secondary N) is 1. The first-order chi connectivity index (χ1) is 10.2. The summed E-state index contributed by atoms with van der Waals surface area (Å²) in [7, 11) is 0. The molecule has 7 heteroatoms. The van der Waals surface area contributed by atoms with Crippen LogP contribution in [0.4, 0.5) is 5.69 Å². The van der Waals surface area contributed by atoms with E-state index in [2.05, 4.69) is 20.8 Å². The number of hydrogen-bond acceptors (Lipinski definition) is 4. The van der Waals surface area contributed by atoms with E-state index in [1.807, 2.05) is 12.1 Å². The molecule has 0 unspecified atom stereocenters. The van der Waals surface area contributed by atoms with Crippen molar-refractivity contribution in [3.05, 3.63) is 35.6 Å². The summed E-state index contributed by atoms with van der Waals surface area (Å²) in [5.74, 6) is -0.109. The van der Waals surface area contributed by atoms with Crippen molar-refractivity contribution in [2.24, 2.45) is 0 Å². The second-order valence-corrected chi connectivity index (χ2v) is 5.69. The molecule has 1 aliphatic carbocycles. The highest BCUT2D eigenvalue weighted by atomic mass is 35.5. The van der Waals surface area contributed by atoms with Gasteiger partial charge in [-0.25, -0.2) is 4.68 Å². The number of hydrogen-bond donors (Lipinski definition) is 1. The molecule has 110 valence electrons. The average molecular weight is 306 g/mol. The van der Waals surface area contributed by atoms with Crippen LogP contribution in [0.25, 0.3) is 0 Å². The van der Waals surface area contributed by atoms with Gasteiger partial charge in [0.25, 0.3) is 5.91 Å². The number of tetrazole rings is 1. The Morgan fingerprint density at radius 3 is 2.67 bits per heavy atom. The van der Waals surface area contributed by atoms with Crippen molar-refractivity contribution in [2.45, 2.75) is 37.6 Å². The fraction of sp³-hybridized carbons (Fsp3) is 0.429. The predicted octanol–water partition coefficient (Wildman–Crippen LogP) is 2.62. The Balaban J connectivity index is 1.90. The Kier molecular flexibility index (Phi) is 3.88. The summed E-state index contributed by atoms with van der Waals surface area (Å²) in [6.07, 6.45) is 6.06. The molecular formula is C14H16ClN5O. The van der Waals surface area contributed by atoms with Crippen molar-refractivity contribution in [1.82, 2.24) is 20.2 Å². The summed E-state index contributed by atoms with van der Waals surface area (Å²) >= 11 is 6.12. The zero-order valence-corrected chi connectivity index (χ0v) is 12.3. The molecule has 6 nitrogen and oxygen atoms in total. The Morgan fingerprint density at radius 2 is 2.00 bits per heavy atom. The molecule has 0 saturated heterocycles. The summed E-state index contributed by atoms with van der Waals surface area (Å²) in [4.78, 5) is 12.9. The number of carbonyl (C=O) groups excluding carboxylic acids is 1. The summed E-state index contributed by atoms with van der Waals surface area (Å²) < 4.78 is 1.58. The minimum absolute atomic E-state index is 0.109. The molecule has 0 atom stereocenters. The number of halogens is 1. The molecule has 21 heavy (non-hydrogen) atoms. The summed E-state index contributed by atoms with van der Waals surface area (Å²) in [6, 6.07) is 7.21. The van der Waals surface area contributed by atoms with Gasteiger partial charge >= 0.3 is 0 Å². The van der Waals surface area contributed by atoms with Gasteiger partial charge in [0.2, 0.25) is 0 Å². The van der Waals surface area contributed by atoms with Crippen molar-refractivity contribution >= 4 is 23.2 Å². The van der Waals surface area contributed by atoms with E-state index in [1.54, 1.807) is 16.8 Å². The molecule has 2 aromatic rings. The van der Waals surface area contributed by atoms with Crippen LogP contribution in [0.15, 0.2) is 30.6 Å². The SMILES string of the molecule is O=C(Nc1ccccc1Cl)C1(n2cnnn2)CCCCC1. The van der Waals surface area contributed by atoms with E-state index >= 15 is 0 Å². The van der Waals surface area contributed by atoms with Gasteiger partial charge in [-0.3, -0.25) is 4.79 Å². The molecule has 1 fully saturated rings. The van der Waals surface area contributed by atoms with Gasteiger partial charge in [-0.1, -0.05) is 43.0 Å². The normalized spacial score (nSPS) is 17.4. The Bertz CT molecular complexity index is 622. The molecule has 1 heterocycles. The van der Waals surface area contributed by atoms with Gasteiger partial charge < -0.3 is 5.32 Å². The molecule has 1 aromatic heterocycles. The van der Waals surface area contributed by atoms with E-state index in [0.29, 0.717) is 10.7 Å². The van der Waals surface area contributed by atoms with Crippen LogP contribution in [-0.2, 0) is 10.3 Å². The van der Waals surface area contributed by atoms with Gasteiger partial charge in [0.05, 0.1) is 10.7 Å². The van der Waals surface area contributed by atoms with Gasteiger partial charge in [0.15, 0.2) is 0 Å². The molecule has 0 radical (unpaired) electrons. The predicted molar refractivity (Wildman–Crippen MR) is 79.0 cm³/mol. The number of para-hydroxylation sites is 1. The summed E-state index contributed by atoms with van der Waals surface area (Å²) in [5, 5.41) is 14.8. The molecule has 1 aliphatic rings. The van der Waals surface area contributed by atoms with Crippen LogP contribution in [-0.4, -0.2) is 26.1 Å². The third-order valence-corrected chi connectivity index (χ3v) is 4.34. The van der Waals surface area contributed by atoms with Crippen LogP contribution in [0.5, 0.6) is 0 Å². The average Bonchev–Trinajstić information content (AvgIpc) is 3.05. The smallest absolute Gasteiger partial charge is 0.252 e. The van der Waals surface area contributed by atoms with Crippen molar-refractivity contribution in [3.63, 3.8) is 0 Å². The van der Waals surface area contributed by atoms with Crippen LogP contribution in [0.3, 0.4) is 0 Å². The maximum absolute atomic E-state index is 12.9. The van der Waals surface area contributed by atoms with Gasteiger partial charge in [-0.05, 0) is 35.4 Å². The van der Waals surface area contributed by atoms with Gasteiger partial charge in [0.1, 0.15) is 11.9 Å². The summed E-state index contributed by atoms with van der Waals surface area (Å²) in [6.45, 7) is 0. The third kappa shape index (κ3) is 2.63. The van der Waals surface area contributed by atoms with Crippen LogP contribution < -0.4 is 5.32 Å². The highest BCUT2D eigenvalue weighted by Gasteiger charge is 2.42. The largest absolute Gasteiger partial charge is 0.323 e. The zero-order valence-electron chi connectivity index (χ0n) is 11.5. The minimum Gasteiger partial charge on any atom is -0.323 e. The fourth-order valence-electron chi connectivity index (χ4n) is 2.86. The molecule has 3 rings (SSSR count). The number of amides is 1. The highest BCUT2D eigenvalue weighted by Crippen LogP contribution is 2.35. The van der Waals surface area contributed by atoms with E-state index in [1.165, 1.54) is 6.33 Å². The highest BCUT2D eigenvalue weighted by molar-refractivity contribution is 6.33. The number of nitrogens with zero attached hydrogens (tertiary/aromatic N) is 4. The Morgan fingerprint density at radius 1 is 1.24 bits per heavy atom. The molecule has 0 spiro atoms. The maximum atomic E-state index is 12.9. The molecule has 1 N–H and O–H groups in total. The van der Waals surface area contributed by atoms with E-state index in [9.17, 15) is 4.79 Å². The zero-order chi connectivity index (χ0) is 14.7.